The van der Waals surface area contributed by atoms with Crippen LogP contribution in [0.5, 0.6) is 0 Å². The molecule has 1 atom stereocenters. The van der Waals surface area contributed by atoms with Crippen LogP contribution in [-0.2, 0) is 4.79 Å². The molecule has 0 aromatic rings. The smallest absolute Gasteiger partial charge is 0.136 e. The Bertz CT molecular complexity index is 212. The number of Topliss-reactive ketones (excluding diaryl/α,β-unsaturated/α-hetero) is 1. The average Bonchev–Trinajstić information content (AvgIpc) is 2.15. The Balaban J connectivity index is 4.09. The Morgan fingerprint density at radius 1 is 1.00 bits per heavy atom. The van der Waals surface area contributed by atoms with Crippen LogP contribution >= 0.6 is 23.5 Å². The predicted molar refractivity (Wildman–Crippen MR) is 83.2 cm³/mol. The van der Waals surface area contributed by atoms with E-state index in [0.29, 0.717) is 21.5 Å². The van der Waals surface area contributed by atoms with E-state index >= 15 is 0 Å². The molecular formula is C14H28OS2. The Labute approximate surface area is 116 Å². The number of hydrogen-bond donors (Lipinski definition) is 0. The highest BCUT2D eigenvalue weighted by molar-refractivity contribution is 8.01. The van der Waals surface area contributed by atoms with E-state index in [4.69, 9.17) is 0 Å². The molecule has 0 bridgehead atoms. The summed E-state index contributed by atoms with van der Waals surface area (Å²) in [5.41, 5.74) is 0. The summed E-state index contributed by atoms with van der Waals surface area (Å²) >= 11 is 3.96. The molecule has 0 heterocycles. The third-order valence-corrected chi connectivity index (χ3v) is 4.90. The zero-order chi connectivity index (χ0) is 13.4. The summed E-state index contributed by atoms with van der Waals surface area (Å²) in [5.74, 6) is 1.77. The van der Waals surface area contributed by atoms with Gasteiger partial charge >= 0.3 is 0 Å². The fraction of sp³-hybridized carbons (Fsp3) is 0.929. The molecule has 0 fully saturated rings. The van der Waals surface area contributed by atoms with Gasteiger partial charge in [-0.2, -0.15) is 23.5 Å². The number of carbonyl (C=O) groups is 1. The first-order valence-corrected chi connectivity index (χ1v) is 8.61. The predicted octanol–water partition coefficient (Wildman–Crippen LogP) is 4.64. The molecule has 102 valence electrons. The van der Waals surface area contributed by atoms with Crippen molar-refractivity contribution in [2.75, 3.05) is 5.75 Å². The van der Waals surface area contributed by atoms with Gasteiger partial charge in [-0.3, -0.25) is 4.79 Å². The van der Waals surface area contributed by atoms with Gasteiger partial charge in [-0.15, -0.1) is 0 Å². The molecule has 0 amide bonds. The van der Waals surface area contributed by atoms with E-state index in [1.165, 1.54) is 5.75 Å². The Morgan fingerprint density at radius 3 is 2.00 bits per heavy atom. The lowest BCUT2D eigenvalue weighted by Gasteiger charge is -2.19. The van der Waals surface area contributed by atoms with Gasteiger partial charge in [0.15, 0.2) is 0 Å². The van der Waals surface area contributed by atoms with Gasteiger partial charge in [0.05, 0.1) is 0 Å². The fourth-order valence-corrected chi connectivity index (χ4v) is 3.82. The number of rotatable bonds is 9. The number of ketones is 1. The monoisotopic (exact) mass is 276 g/mol. The van der Waals surface area contributed by atoms with Crippen LogP contribution in [0.1, 0.15) is 54.4 Å². The van der Waals surface area contributed by atoms with Gasteiger partial charge in [0.2, 0.25) is 0 Å². The molecule has 0 spiro atoms. The van der Waals surface area contributed by atoms with E-state index in [-0.39, 0.29) is 5.92 Å². The van der Waals surface area contributed by atoms with Crippen molar-refractivity contribution in [3.8, 4) is 0 Å². The topological polar surface area (TPSA) is 17.1 Å². The molecule has 1 unspecified atom stereocenters. The summed E-state index contributed by atoms with van der Waals surface area (Å²) in [4.78, 5) is 11.8. The molecule has 0 aliphatic rings. The molecule has 0 aromatic heterocycles. The molecule has 0 aliphatic carbocycles. The highest BCUT2D eigenvalue weighted by atomic mass is 32.2. The molecule has 0 saturated heterocycles. The first-order valence-electron chi connectivity index (χ1n) is 6.62. The van der Waals surface area contributed by atoms with E-state index in [1.807, 2.05) is 37.4 Å². The van der Waals surface area contributed by atoms with Crippen LogP contribution in [0.3, 0.4) is 0 Å². The molecule has 3 heteroatoms. The number of hydrogen-bond acceptors (Lipinski definition) is 3. The van der Waals surface area contributed by atoms with Gasteiger partial charge in [-0.05, 0) is 22.7 Å². The van der Waals surface area contributed by atoms with E-state index in [2.05, 4.69) is 27.7 Å². The summed E-state index contributed by atoms with van der Waals surface area (Å²) in [6, 6.07) is 0. The average molecular weight is 277 g/mol. The van der Waals surface area contributed by atoms with E-state index < -0.39 is 0 Å². The lowest BCUT2D eigenvalue weighted by atomic mass is 10.0. The molecule has 0 saturated carbocycles. The van der Waals surface area contributed by atoms with Crippen molar-refractivity contribution in [1.29, 1.82) is 0 Å². The Morgan fingerprint density at radius 2 is 1.59 bits per heavy atom. The summed E-state index contributed by atoms with van der Waals surface area (Å²) in [7, 11) is 0. The van der Waals surface area contributed by atoms with Crippen LogP contribution in [-0.4, -0.2) is 27.3 Å². The second-order valence-electron chi connectivity index (χ2n) is 5.34. The van der Waals surface area contributed by atoms with E-state index in [9.17, 15) is 4.79 Å². The van der Waals surface area contributed by atoms with Gasteiger partial charge in [0, 0.05) is 17.6 Å². The fourth-order valence-electron chi connectivity index (χ4n) is 1.50. The van der Waals surface area contributed by atoms with Gasteiger partial charge in [0.25, 0.3) is 0 Å². The van der Waals surface area contributed by atoms with Crippen molar-refractivity contribution in [3.63, 3.8) is 0 Å². The minimum absolute atomic E-state index is 0.183. The summed E-state index contributed by atoms with van der Waals surface area (Å²) < 4.78 is 0. The van der Waals surface area contributed by atoms with Crippen LogP contribution in [0.2, 0.25) is 0 Å². The molecule has 0 radical (unpaired) electrons. The Kier molecular flexibility index (Phi) is 9.52. The van der Waals surface area contributed by atoms with Gasteiger partial charge in [-0.1, -0.05) is 41.5 Å². The summed E-state index contributed by atoms with van der Waals surface area (Å²) in [6.45, 7) is 12.9. The van der Waals surface area contributed by atoms with Crippen molar-refractivity contribution in [1.82, 2.24) is 0 Å². The summed E-state index contributed by atoms with van der Waals surface area (Å²) in [6.07, 6.45) is 1.91. The maximum absolute atomic E-state index is 11.8. The maximum atomic E-state index is 11.8. The normalized spacial score (nSPS) is 13.7. The van der Waals surface area contributed by atoms with Crippen molar-refractivity contribution in [2.45, 2.75) is 70.1 Å². The Hall–Kier alpha value is 0.370. The van der Waals surface area contributed by atoms with Crippen molar-refractivity contribution >= 4 is 29.3 Å². The van der Waals surface area contributed by atoms with Crippen LogP contribution in [0.15, 0.2) is 0 Å². The second-order valence-corrected chi connectivity index (χ2v) is 8.91. The molecule has 0 N–H and O–H groups in total. The minimum Gasteiger partial charge on any atom is -0.299 e. The highest BCUT2D eigenvalue weighted by Gasteiger charge is 2.18. The SMILES string of the molecule is CC(C)SCCC(CC(=O)C(C)C)SC(C)C. The third-order valence-electron chi connectivity index (χ3n) is 2.43. The van der Waals surface area contributed by atoms with Crippen molar-refractivity contribution in [3.05, 3.63) is 0 Å². The van der Waals surface area contributed by atoms with E-state index in [1.54, 1.807) is 0 Å². The highest BCUT2D eigenvalue weighted by Crippen LogP contribution is 2.26. The maximum Gasteiger partial charge on any atom is 0.136 e. The quantitative estimate of drug-likeness (QED) is 0.610. The van der Waals surface area contributed by atoms with Crippen LogP contribution in [0, 0.1) is 5.92 Å². The van der Waals surface area contributed by atoms with Gasteiger partial charge in [0.1, 0.15) is 5.78 Å². The molecule has 0 aromatic carbocycles. The molecule has 0 rings (SSSR count). The molecular weight excluding hydrogens is 248 g/mol. The van der Waals surface area contributed by atoms with Crippen LogP contribution in [0.4, 0.5) is 0 Å². The van der Waals surface area contributed by atoms with Crippen LogP contribution < -0.4 is 0 Å². The number of thioether (sulfide) groups is 2. The third kappa shape index (κ3) is 10.0. The van der Waals surface area contributed by atoms with Gasteiger partial charge < -0.3 is 0 Å². The first kappa shape index (κ1) is 17.4. The minimum atomic E-state index is 0.183. The molecule has 17 heavy (non-hydrogen) atoms. The van der Waals surface area contributed by atoms with Crippen molar-refractivity contribution < 1.29 is 4.79 Å². The standard InChI is InChI=1S/C14H28OS2/c1-10(2)14(15)9-13(17-12(5)6)7-8-16-11(3)4/h10-13H,7-9H2,1-6H3. The zero-order valence-electron chi connectivity index (χ0n) is 12.2. The number of carbonyl (C=O) groups excluding carboxylic acids is 1. The molecule has 0 aliphatic heterocycles. The lowest BCUT2D eigenvalue weighted by Crippen LogP contribution is -2.17. The second kappa shape index (κ2) is 9.32. The summed E-state index contributed by atoms with van der Waals surface area (Å²) in [5, 5.41) is 1.82. The van der Waals surface area contributed by atoms with E-state index in [0.717, 1.165) is 12.8 Å². The largest absolute Gasteiger partial charge is 0.299 e. The van der Waals surface area contributed by atoms with Gasteiger partial charge in [-0.25, -0.2) is 0 Å². The molecule has 1 nitrogen and oxygen atoms in total. The van der Waals surface area contributed by atoms with Crippen LogP contribution in [0.25, 0.3) is 0 Å². The lowest BCUT2D eigenvalue weighted by molar-refractivity contribution is -0.121. The first-order chi connectivity index (χ1) is 7.82. The zero-order valence-corrected chi connectivity index (χ0v) is 13.8. The van der Waals surface area contributed by atoms with Crippen molar-refractivity contribution in [2.24, 2.45) is 5.92 Å².